The molecule has 104 valence electrons. The minimum atomic E-state index is 0.152. The van der Waals surface area contributed by atoms with Gasteiger partial charge < -0.3 is 11.1 Å². The maximum absolute atomic E-state index is 12.4. The van der Waals surface area contributed by atoms with E-state index in [-0.39, 0.29) is 11.8 Å². The van der Waals surface area contributed by atoms with Gasteiger partial charge in [-0.2, -0.15) is 0 Å². The molecule has 0 bridgehead atoms. The van der Waals surface area contributed by atoms with Gasteiger partial charge in [-0.15, -0.1) is 0 Å². The summed E-state index contributed by atoms with van der Waals surface area (Å²) in [5, 5.41) is 5.09. The highest BCUT2D eigenvalue weighted by Crippen LogP contribution is 2.30. The predicted octanol–water partition coefficient (Wildman–Crippen LogP) is 3.94. The van der Waals surface area contributed by atoms with E-state index in [9.17, 15) is 4.79 Å². The molecule has 2 aromatic rings. The van der Waals surface area contributed by atoms with E-state index in [1.54, 1.807) is 0 Å². The fourth-order valence-corrected chi connectivity index (χ4v) is 3.03. The van der Waals surface area contributed by atoms with Crippen LogP contribution < -0.4 is 11.1 Å². The molecule has 0 saturated heterocycles. The highest BCUT2D eigenvalue weighted by atomic mass is 16.1. The lowest BCUT2D eigenvalue weighted by Gasteiger charge is -2.21. The van der Waals surface area contributed by atoms with Gasteiger partial charge >= 0.3 is 0 Å². The number of rotatable bonds is 2. The van der Waals surface area contributed by atoms with E-state index in [2.05, 4.69) is 5.32 Å². The van der Waals surface area contributed by atoms with Crippen LogP contribution in [0.5, 0.6) is 0 Å². The van der Waals surface area contributed by atoms with Crippen LogP contribution >= 0.6 is 0 Å². The summed E-state index contributed by atoms with van der Waals surface area (Å²) in [7, 11) is 0. The first-order valence-electron chi connectivity index (χ1n) is 7.34. The molecular formula is C17H20N2O. The molecule has 3 nitrogen and oxygen atoms in total. The van der Waals surface area contributed by atoms with Crippen LogP contribution in [0, 0.1) is 5.92 Å². The maximum atomic E-state index is 12.4. The standard InChI is InChI=1S/C17H20N2O/c18-15-10-11-16(14-9-5-4-8-13(14)15)19-17(20)12-6-2-1-3-7-12/h4-5,8-12H,1-3,6-7,18H2,(H,19,20). The van der Waals surface area contributed by atoms with Crippen molar-refractivity contribution < 1.29 is 4.79 Å². The zero-order chi connectivity index (χ0) is 13.9. The number of carbonyl (C=O) groups excluding carboxylic acids is 1. The van der Waals surface area contributed by atoms with Crippen molar-refractivity contribution in [2.75, 3.05) is 11.1 Å². The van der Waals surface area contributed by atoms with Gasteiger partial charge in [-0.3, -0.25) is 4.79 Å². The smallest absolute Gasteiger partial charge is 0.227 e. The van der Waals surface area contributed by atoms with Crippen molar-refractivity contribution in [1.29, 1.82) is 0 Å². The lowest BCUT2D eigenvalue weighted by atomic mass is 9.88. The fourth-order valence-electron chi connectivity index (χ4n) is 3.03. The van der Waals surface area contributed by atoms with E-state index in [0.29, 0.717) is 0 Å². The number of anilines is 2. The van der Waals surface area contributed by atoms with Crippen LogP contribution in [0.25, 0.3) is 10.8 Å². The Balaban J connectivity index is 1.87. The number of hydrogen-bond acceptors (Lipinski definition) is 2. The average molecular weight is 268 g/mol. The molecule has 0 heterocycles. The molecule has 1 aliphatic rings. The molecular weight excluding hydrogens is 248 g/mol. The number of amides is 1. The average Bonchev–Trinajstić information content (AvgIpc) is 2.51. The first kappa shape index (κ1) is 13.0. The Labute approximate surface area is 119 Å². The van der Waals surface area contributed by atoms with Crippen LogP contribution in [0.2, 0.25) is 0 Å². The topological polar surface area (TPSA) is 55.1 Å². The molecule has 0 spiro atoms. The molecule has 0 unspecified atom stereocenters. The summed E-state index contributed by atoms with van der Waals surface area (Å²) in [4.78, 5) is 12.4. The van der Waals surface area contributed by atoms with Gasteiger partial charge in [-0.25, -0.2) is 0 Å². The highest BCUT2D eigenvalue weighted by molar-refractivity contribution is 6.06. The minimum Gasteiger partial charge on any atom is -0.398 e. The number of fused-ring (bicyclic) bond motifs is 1. The van der Waals surface area contributed by atoms with Crippen molar-refractivity contribution >= 4 is 28.1 Å². The molecule has 3 heteroatoms. The Morgan fingerprint density at radius 3 is 2.45 bits per heavy atom. The van der Waals surface area contributed by atoms with E-state index in [4.69, 9.17) is 5.73 Å². The molecule has 3 rings (SSSR count). The van der Waals surface area contributed by atoms with Gasteiger partial charge in [0.05, 0.1) is 0 Å². The zero-order valence-electron chi connectivity index (χ0n) is 11.6. The number of nitrogens with one attached hydrogen (secondary N) is 1. The fraction of sp³-hybridized carbons (Fsp3) is 0.353. The van der Waals surface area contributed by atoms with E-state index >= 15 is 0 Å². The van der Waals surface area contributed by atoms with Crippen molar-refractivity contribution in [2.45, 2.75) is 32.1 Å². The quantitative estimate of drug-likeness (QED) is 0.810. The second-order valence-electron chi connectivity index (χ2n) is 5.57. The predicted molar refractivity (Wildman–Crippen MR) is 83.6 cm³/mol. The Hall–Kier alpha value is -2.03. The minimum absolute atomic E-state index is 0.152. The number of nitrogens with two attached hydrogens (primary N) is 1. The Bertz CT molecular complexity index is 630. The van der Waals surface area contributed by atoms with Crippen molar-refractivity contribution in [2.24, 2.45) is 5.92 Å². The zero-order valence-corrected chi connectivity index (χ0v) is 11.6. The maximum Gasteiger partial charge on any atom is 0.227 e. The van der Waals surface area contributed by atoms with Crippen LogP contribution in [-0.4, -0.2) is 5.91 Å². The monoisotopic (exact) mass is 268 g/mol. The molecule has 0 aliphatic heterocycles. The molecule has 1 amide bonds. The molecule has 0 radical (unpaired) electrons. The van der Waals surface area contributed by atoms with E-state index in [1.807, 2.05) is 36.4 Å². The first-order valence-corrected chi connectivity index (χ1v) is 7.34. The van der Waals surface area contributed by atoms with Gasteiger partial charge in [0.25, 0.3) is 0 Å². The van der Waals surface area contributed by atoms with Gasteiger partial charge in [0, 0.05) is 28.1 Å². The molecule has 3 N–H and O–H groups in total. The summed E-state index contributed by atoms with van der Waals surface area (Å²) in [6, 6.07) is 11.7. The third-order valence-electron chi connectivity index (χ3n) is 4.19. The third kappa shape index (κ3) is 2.48. The SMILES string of the molecule is Nc1ccc(NC(=O)C2CCCCC2)c2ccccc12. The highest BCUT2D eigenvalue weighted by Gasteiger charge is 2.21. The number of hydrogen-bond donors (Lipinski definition) is 2. The van der Waals surface area contributed by atoms with Crippen LogP contribution in [0.15, 0.2) is 36.4 Å². The molecule has 0 aromatic heterocycles. The Kier molecular flexibility index (Phi) is 3.59. The third-order valence-corrected chi connectivity index (χ3v) is 4.19. The normalized spacial score (nSPS) is 16.2. The number of nitrogen functional groups attached to an aromatic ring is 1. The van der Waals surface area contributed by atoms with Crippen molar-refractivity contribution in [1.82, 2.24) is 0 Å². The summed E-state index contributed by atoms with van der Waals surface area (Å²) < 4.78 is 0. The molecule has 1 aliphatic carbocycles. The molecule has 20 heavy (non-hydrogen) atoms. The number of benzene rings is 2. The van der Waals surface area contributed by atoms with Crippen LogP contribution in [-0.2, 0) is 4.79 Å². The van der Waals surface area contributed by atoms with Gasteiger partial charge in [0.1, 0.15) is 0 Å². The number of carbonyl (C=O) groups is 1. The summed E-state index contributed by atoms with van der Waals surface area (Å²) in [5.41, 5.74) is 7.60. The summed E-state index contributed by atoms with van der Waals surface area (Å²) in [5.74, 6) is 0.319. The van der Waals surface area contributed by atoms with Crippen LogP contribution in [0.4, 0.5) is 11.4 Å². The molecule has 0 atom stereocenters. The summed E-state index contributed by atoms with van der Waals surface area (Å²) >= 11 is 0. The van der Waals surface area contributed by atoms with E-state index < -0.39 is 0 Å². The van der Waals surface area contributed by atoms with Crippen molar-refractivity contribution in [3.63, 3.8) is 0 Å². The second-order valence-corrected chi connectivity index (χ2v) is 5.57. The van der Waals surface area contributed by atoms with Gasteiger partial charge in [0.2, 0.25) is 5.91 Å². The summed E-state index contributed by atoms with van der Waals surface area (Å²) in [6.07, 6.45) is 5.62. The Morgan fingerprint density at radius 1 is 1.00 bits per heavy atom. The summed E-state index contributed by atoms with van der Waals surface area (Å²) in [6.45, 7) is 0. The van der Waals surface area contributed by atoms with Crippen molar-refractivity contribution in [3.05, 3.63) is 36.4 Å². The Morgan fingerprint density at radius 2 is 1.70 bits per heavy atom. The molecule has 2 aromatic carbocycles. The van der Waals surface area contributed by atoms with E-state index in [0.717, 1.165) is 35.0 Å². The van der Waals surface area contributed by atoms with E-state index in [1.165, 1.54) is 19.3 Å². The second kappa shape index (κ2) is 5.53. The van der Waals surface area contributed by atoms with Crippen LogP contribution in [0.3, 0.4) is 0 Å². The van der Waals surface area contributed by atoms with Crippen LogP contribution in [0.1, 0.15) is 32.1 Å². The van der Waals surface area contributed by atoms with Gasteiger partial charge in [0.15, 0.2) is 0 Å². The first-order chi connectivity index (χ1) is 9.75. The lowest BCUT2D eigenvalue weighted by molar-refractivity contribution is -0.120. The lowest BCUT2D eigenvalue weighted by Crippen LogP contribution is -2.24. The molecule has 1 saturated carbocycles. The largest absolute Gasteiger partial charge is 0.398 e. The van der Waals surface area contributed by atoms with Gasteiger partial charge in [-0.05, 0) is 25.0 Å². The van der Waals surface area contributed by atoms with Crippen molar-refractivity contribution in [3.8, 4) is 0 Å². The molecule has 1 fully saturated rings. The van der Waals surface area contributed by atoms with Gasteiger partial charge in [-0.1, -0.05) is 43.5 Å².